The first kappa shape index (κ1) is 13.9. The van der Waals surface area contributed by atoms with E-state index in [4.69, 9.17) is 0 Å². The Morgan fingerprint density at radius 2 is 1.83 bits per heavy atom. The van der Waals surface area contributed by atoms with Gasteiger partial charge in [0.2, 0.25) is 5.92 Å². The van der Waals surface area contributed by atoms with E-state index in [1.807, 2.05) is 0 Å². The van der Waals surface area contributed by atoms with Crippen LogP contribution in [0.25, 0.3) is 0 Å². The Kier molecular flexibility index (Phi) is 4.36. The lowest BCUT2D eigenvalue weighted by molar-refractivity contribution is -0.0456. The third-order valence-corrected chi connectivity index (χ3v) is 4.72. The summed E-state index contributed by atoms with van der Waals surface area (Å²) in [6.45, 7) is 0. The Hall–Kier alpha value is -0.510. The van der Waals surface area contributed by atoms with Crippen molar-refractivity contribution in [2.75, 3.05) is 0 Å². The van der Waals surface area contributed by atoms with E-state index in [1.165, 1.54) is 6.07 Å². The maximum absolute atomic E-state index is 13.5. The van der Waals surface area contributed by atoms with Crippen LogP contribution in [0.3, 0.4) is 0 Å². The third kappa shape index (κ3) is 3.50. The topological polar surface area (TPSA) is 0 Å². The zero-order chi connectivity index (χ0) is 13.2. The van der Waals surface area contributed by atoms with Gasteiger partial charge in [0, 0.05) is 17.7 Å². The van der Waals surface area contributed by atoms with Crippen LogP contribution in [-0.2, 0) is 6.42 Å². The molecule has 4 heteroatoms. The highest BCUT2D eigenvalue weighted by molar-refractivity contribution is 9.09. The maximum atomic E-state index is 13.5. The van der Waals surface area contributed by atoms with E-state index in [0.717, 1.165) is 0 Å². The molecule has 0 nitrogen and oxygen atoms in total. The van der Waals surface area contributed by atoms with E-state index in [2.05, 4.69) is 15.9 Å². The minimum absolute atomic E-state index is 0.0446. The molecule has 0 spiro atoms. The van der Waals surface area contributed by atoms with Gasteiger partial charge in [-0.2, -0.15) is 0 Å². The predicted octanol–water partition coefficient (Wildman–Crippen LogP) is 4.96. The van der Waals surface area contributed by atoms with Gasteiger partial charge in [0.1, 0.15) is 5.82 Å². The second kappa shape index (κ2) is 5.64. The van der Waals surface area contributed by atoms with Crippen molar-refractivity contribution < 1.29 is 13.2 Å². The number of hydrogen-bond donors (Lipinski definition) is 0. The van der Waals surface area contributed by atoms with Gasteiger partial charge in [0.05, 0.1) is 0 Å². The summed E-state index contributed by atoms with van der Waals surface area (Å²) in [7, 11) is 0. The highest BCUT2D eigenvalue weighted by atomic mass is 79.9. The predicted molar refractivity (Wildman–Crippen MR) is 69.7 cm³/mol. The highest BCUT2D eigenvalue weighted by Crippen LogP contribution is 2.39. The molecule has 1 atom stereocenters. The Morgan fingerprint density at radius 3 is 2.44 bits per heavy atom. The summed E-state index contributed by atoms with van der Waals surface area (Å²) in [5.41, 5.74) is 0.650. The molecular weight excluding hydrogens is 305 g/mol. The number of rotatable bonds is 3. The van der Waals surface area contributed by atoms with Crippen LogP contribution >= 0.6 is 15.9 Å². The molecule has 1 aliphatic rings. The zero-order valence-corrected chi connectivity index (χ0v) is 11.6. The second-order valence-electron chi connectivity index (χ2n) is 5.00. The SMILES string of the molecule is Fc1ccccc1CC(Br)C1CCC(F)(F)CC1. The summed E-state index contributed by atoms with van der Waals surface area (Å²) in [6, 6.07) is 6.64. The number of benzene rings is 1. The van der Waals surface area contributed by atoms with Crippen LogP contribution in [-0.4, -0.2) is 10.7 Å². The van der Waals surface area contributed by atoms with Crippen molar-refractivity contribution in [3.05, 3.63) is 35.6 Å². The molecule has 0 aromatic heterocycles. The molecule has 0 amide bonds. The Balaban J connectivity index is 1.93. The van der Waals surface area contributed by atoms with Crippen LogP contribution in [0.5, 0.6) is 0 Å². The van der Waals surface area contributed by atoms with Crippen molar-refractivity contribution in [3.8, 4) is 0 Å². The number of halogens is 4. The summed E-state index contributed by atoms with van der Waals surface area (Å²) in [4.78, 5) is 0.0745. The summed E-state index contributed by atoms with van der Waals surface area (Å²) in [5.74, 6) is -2.51. The lowest BCUT2D eigenvalue weighted by atomic mass is 9.83. The number of hydrogen-bond acceptors (Lipinski definition) is 0. The zero-order valence-electron chi connectivity index (χ0n) is 10.0. The summed E-state index contributed by atoms with van der Waals surface area (Å²) in [6.07, 6.45) is 1.49. The molecule has 0 saturated heterocycles. The molecule has 2 rings (SSSR count). The van der Waals surface area contributed by atoms with E-state index >= 15 is 0 Å². The highest BCUT2D eigenvalue weighted by Gasteiger charge is 2.37. The molecule has 1 unspecified atom stereocenters. The van der Waals surface area contributed by atoms with E-state index in [0.29, 0.717) is 24.8 Å². The first-order valence-corrected chi connectivity index (χ1v) is 7.15. The molecule has 1 saturated carbocycles. The fourth-order valence-electron chi connectivity index (χ4n) is 2.46. The lowest BCUT2D eigenvalue weighted by Crippen LogP contribution is -2.29. The van der Waals surface area contributed by atoms with Crippen LogP contribution in [0.2, 0.25) is 0 Å². The normalized spacial score (nSPS) is 21.8. The van der Waals surface area contributed by atoms with E-state index in [9.17, 15) is 13.2 Å². The molecule has 1 aromatic rings. The fraction of sp³-hybridized carbons (Fsp3) is 0.571. The molecule has 0 N–H and O–H groups in total. The van der Waals surface area contributed by atoms with Crippen molar-refractivity contribution in [3.63, 3.8) is 0 Å². The van der Waals surface area contributed by atoms with Crippen molar-refractivity contribution in [1.29, 1.82) is 0 Å². The second-order valence-corrected chi connectivity index (χ2v) is 6.18. The van der Waals surface area contributed by atoms with E-state index in [1.54, 1.807) is 18.2 Å². The molecule has 0 heterocycles. The lowest BCUT2D eigenvalue weighted by Gasteiger charge is -2.31. The Bertz CT molecular complexity index is 396. The van der Waals surface area contributed by atoms with Gasteiger partial charge >= 0.3 is 0 Å². The standard InChI is InChI=1S/C14H16BrF3/c15-12(9-11-3-1-2-4-13(11)16)10-5-7-14(17,18)8-6-10/h1-4,10,12H,5-9H2. The van der Waals surface area contributed by atoms with E-state index < -0.39 is 5.92 Å². The molecule has 1 aromatic carbocycles. The van der Waals surface area contributed by atoms with Gasteiger partial charge < -0.3 is 0 Å². The van der Waals surface area contributed by atoms with Crippen molar-refractivity contribution in [1.82, 2.24) is 0 Å². The average Bonchev–Trinajstić information content (AvgIpc) is 2.32. The van der Waals surface area contributed by atoms with Crippen LogP contribution in [0, 0.1) is 11.7 Å². The molecule has 1 aliphatic carbocycles. The first-order valence-electron chi connectivity index (χ1n) is 6.23. The summed E-state index contributed by atoms with van der Waals surface area (Å²) >= 11 is 3.54. The molecule has 1 fully saturated rings. The third-order valence-electron chi connectivity index (χ3n) is 3.65. The van der Waals surface area contributed by atoms with Gasteiger partial charge in [0.25, 0.3) is 0 Å². The number of alkyl halides is 3. The molecule has 0 radical (unpaired) electrons. The van der Waals surface area contributed by atoms with Crippen LogP contribution in [0.1, 0.15) is 31.2 Å². The molecule has 0 aliphatic heterocycles. The van der Waals surface area contributed by atoms with E-state index in [-0.39, 0.29) is 29.4 Å². The van der Waals surface area contributed by atoms with Gasteiger partial charge in [-0.25, -0.2) is 13.2 Å². The Morgan fingerprint density at radius 1 is 1.22 bits per heavy atom. The molecule has 18 heavy (non-hydrogen) atoms. The van der Waals surface area contributed by atoms with Gasteiger partial charge in [-0.05, 0) is 36.8 Å². The van der Waals surface area contributed by atoms with Crippen molar-refractivity contribution in [2.24, 2.45) is 5.92 Å². The smallest absolute Gasteiger partial charge is 0.207 e. The summed E-state index contributed by atoms with van der Waals surface area (Å²) in [5, 5.41) is 0. The first-order chi connectivity index (χ1) is 8.48. The summed E-state index contributed by atoms with van der Waals surface area (Å²) < 4.78 is 39.6. The largest absolute Gasteiger partial charge is 0.248 e. The average molecular weight is 321 g/mol. The minimum Gasteiger partial charge on any atom is -0.207 e. The maximum Gasteiger partial charge on any atom is 0.248 e. The van der Waals surface area contributed by atoms with Crippen molar-refractivity contribution >= 4 is 15.9 Å². The minimum atomic E-state index is -2.50. The van der Waals surface area contributed by atoms with Crippen LogP contribution in [0.4, 0.5) is 13.2 Å². The van der Waals surface area contributed by atoms with Gasteiger partial charge in [-0.3, -0.25) is 0 Å². The quantitative estimate of drug-likeness (QED) is 0.691. The van der Waals surface area contributed by atoms with Crippen molar-refractivity contribution in [2.45, 2.75) is 42.9 Å². The van der Waals surface area contributed by atoms with Crippen LogP contribution in [0.15, 0.2) is 24.3 Å². The molecular formula is C14H16BrF3. The van der Waals surface area contributed by atoms with Gasteiger partial charge in [-0.15, -0.1) is 0 Å². The molecule has 100 valence electrons. The fourth-order valence-corrected chi connectivity index (χ4v) is 3.34. The van der Waals surface area contributed by atoms with Gasteiger partial charge in [-0.1, -0.05) is 34.1 Å². The monoisotopic (exact) mass is 320 g/mol. The molecule has 0 bridgehead atoms. The van der Waals surface area contributed by atoms with Gasteiger partial charge in [0.15, 0.2) is 0 Å². The Labute approximate surface area is 114 Å². The van der Waals surface area contributed by atoms with Crippen LogP contribution < -0.4 is 0 Å².